The first-order chi connectivity index (χ1) is 17.0. The minimum absolute atomic E-state index is 0.0583. The Kier molecular flexibility index (Phi) is 5.53. The van der Waals surface area contributed by atoms with E-state index in [1.165, 1.54) is 6.07 Å². The molecule has 1 saturated carbocycles. The standard InChI is InChI=1S/C26H26N4O4S/c1-35(31,32)25-7-3-19(15-28-25)18-2-6-21-22(14-18)27-11-8-23(21)34-24-16-30(20-4-5-20)29-26(24)17-9-12-33-13-10-17/h2-3,6-8,11,14-17,20H,4-5,9-10,12-13H2,1H3. The summed E-state index contributed by atoms with van der Waals surface area (Å²) in [6, 6.07) is 11.6. The maximum Gasteiger partial charge on any atom is 0.192 e. The Labute approximate surface area is 203 Å². The molecule has 0 unspecified atom stereocenters. The summed E-state index contributed by atoms with van der Waals surface area (Å²) >= 11 is 0. The highest BCUT2D eigenvalue weighted by atomic mass is 32.2. The maximum atomic E-state index is 11.7. The van der Waals surface area contributed by atoms with Crippen molar-refractivity contribution in [2.45, 2.75) is 42.7 Å². The van der Waals surface area contributed by atoms with E-state index in [0.717, 1.165) is 84.4 Å². The quantitative estimate of drug-likeness (QED) is 0.379. The van der Waals surface area contributed by atoms with Gasteiger partial charge in [-0.15, -0.1) is 0 Å². The van der Waals surface area contributed by atoms with Crippen molar-refractivity contribution in [3.05, 3.63) is 60.7 Å². The van der Waals surface area contributed by atoms with Crippen molar-refractivity contribution in [3.63, 3.8) is 0 Å². The predicted molar refractivity (Wildman–Crippen MR) is 131 cm³/mol. The molecule has 2 aliphatic rings. The molecule has 1 saturated heterocycles. The molecule has 180 valence electrons. The van der Waals surface area contributed by atoms with Crippen molar-refractivity contribution >= 4 is 20.7 Å². The molecule has 0 atom stereocenters. The van der Waals surface area contributed by atoms with Gasteiger partial charge in [-0.25, -0.2) is 13.4 Å². The highest BCUT2D eigenvalue weighted by Crippen LogP contribution is 2.41. The highest BCUT2D eigenvalue weighted by molar-refractivity contribution is 7.90. The average Bonchev–Trinajstić information content (AvgIpc) is 3.64. The average molecular weight is 491 g/mol. The zero-order valence-corrected chi connectivity index (χ0v) is 20.2. The summed E-state index contributed by atoms with van der Waals surface area (Å²) in [7, 11) is -3.34. The number of hydrogen-bond donors (Lipinski definition) is 0. The summed E-state index contributed by atoms with van der Waals surface area (Å²) in [5.74, 6) is 1.87. The van der Waals surface area contributed by atoms with Crippen LogP contribution in [0.2, 0.25) is 0 Å². The summed E-state index contributed by atoms with van der Waals surface area (Å²) in [6.07, 6.45) is 10.7. The predicted octanol–water partition coefficient (Wildman–Crippen LogP) is 4.92. The van der Waals surface area contributed by atoms with Gasteiger partial charge in [0.2, 0.25) is 0 Å². The lowest BCUT2D eigenvalue weighted by atomic mass is 9.96. The fourth-order valence-corrected chi connectivity index (χ4v) is 5.09. The van der Waals surface area contributed by atoms with Crippen LogP contribution >= 0.6 is 0 Å². The molecule has 2 fully saturated rings. The van der Waals surface area contributed by atoms with Crippen molar-refractivity contribution in [2.24, 2.45) is 0 Å². The van der Waals surface area contributed by atoms with Crippen molar-refractivity contribution in [3.8, 4) is 22.6 Å². The van der Waals surface area contributed by atoms with Crippen LogP contribution in [0.5, 0.6) is 11.5 Å². The Morgan fingerprint density at radius 3 is 2.49 bits per heavy atom. The molecule has 35 heavy (non-hydrogen) atoms. The Morgan fingerprint density at radius 2 is 1.77 bits per heavy atom. The van der Waals surface area contributed by atoms with Gasteiger partial charge in [-0.05, 0) is 61.6 Å². The first kappa shape index (κ1) is 22.2. The van der Waals surface area contributed by atoms with Crippen LogP contribution in [0.25, 0.3) is 22.0 Å². The van der Waals surface area contributed by atoms with Crippen molar-refractivity contribution < 1.29 is 17.9 Å². The third-order valence-corrected chi connectivity index (χ3v) is 7.63. The molecule has 0 N–H and O–H groups in total. The Balaban J connectivity index is 1.33. The minimum atomic E-state index is -3.34. The lowest BCUT2D eigenvalue weighted by molar-refractivity contribution is 0.0839. The van der Waals surface area contributed by atoms with Crippen LogP contribution in [0.3, 0.4) is 0 Å². The van der Waals surface area contributed by atoms with Crippen LogP contribution in [-0.4, -0.2) is 47.6 Å². The van der Waals surface area contributed by atoms with Crippen LogP contribution in [-0.2, 0) is 14.6 Å². The Morgan fingerprint density at radius 1 is 0.971 bits per heavy atom. The molecule has 1 aliphatic carbocycles. The van der Waals surface area contributed by atoms with E-state index in [4.69, 9.17) is 14.6 Å². The normalized spacial score (nSPS) is 17.1. The number of aromatic nitrogens is 4. The zero-order valence-electron chi connectivity index (χ0n) is 19.4. The number of ether oxygens (including phenoxy) is 2. The fraction of sp³-hybridized carbons (Fsp3) is 0.346. The van der Waals surface area contributed by atoms with Crippen LogP contribution in [0, 0.1) is 0 Å². The van der Waals surface area contributed by atoms with Gasteiger partial charge in [0, 0.05) is 48.7 Å². The first-order valence-corrected chi connectivity index (χ1v) is 13.7. The molecular weight excluding hydrogens is 464 g/mol. The molecule has 0 amide bonds. The van der Waals surface area contributed by atoms with Crippen LogP contribution in [0.1, 0.15) is 43.3 Å². The van der Waals surface area contributed by atoms with E-state index < -0.39 is 9.84 Å². The second-order valence-electron chi connectivity index (χ2n) is 9.28. The van der Waals surface area contributed by atoms with E-state index >= 15 is 0 Å². The number of sulfone groups is 1. The van der Waals surface area contributed by atoms with Gasteiger partial charge < -0.3 is 9.47 Å². The number of hydrogen-bond acceptors (Lipinski definition) is 7. The van der Waals surface area contributed by atoms with Gasteiger partial charge in [0.15, 0.2) is 20.6 Å². The van der Waals surface area contributed by atoms with E-state index in [9.17, 15) is 8.42 Å². The molecular formula is C26H26N4O4S. The van der Waals surface area contributed by atoms with E-state index in [0.29, 0.717) is 12.0 Å². The monoisotopic (exact) mass is 490 g/mol. The van der Waals surface area contributed by atoms with Gasteiger partial charge in [0.25, 0.3) is 0 Å². The molecule has 0 spiro atoms. The molecule has 6 rings (SSSR count). The van der Waals surface area contributed by atoms with Gasteiger partial charge in [0.1, 0.15) is 11.4 Å². The molecule has 1 aliphatic heterocycles. The van der Waals surface area contributed by atoms with Gasteiger partial charge >= 0.3 is 0 Å². The van der Waals surface area contributed by atoms with E-state index in [-0.39, 0.29) is 5.03 Å². The molecule has 3 aromatic heterocycles. The van der Waals surface area contributed by atoms with Crippen molar-refractivity contribution in [2.75, 3.05) is 19.5 Å². The van der Waals surface area contributed by atoms with Crippen LogP contribution in [0.4, 0.5) is 0 Å². The largest absolute Gasteiger partial charge is 0.453 e. The number of pyridine rings is 2. The third-order valence-electron chi connectivity index (χ3n) is 6.63. The number of fused-ring (bicyclic) bond motifs is 1. The van der Waals surface area contributed by atoms with Crippen molar-refractivity contribution in [1.82, 2.24) is 19.7 Å². The molecule has 9 heteroatoms. The van der Waals surface area contributed by atoms with Crippen LogP contribution < -0.4 is 4.74 Å². The highest BCUT2D eigenvalue weighted by Gasteiger charge is 2.30. The summed E-state index contributed by atoms with van der Waals surface area (Å²) < 4.78 is 37.5. The van der Waals surface area contributed by atoms with E-state index in [1.54, 1.807) is 18.5 Å². The number of rotatable bonds is 6. The Bertz CT molecular complexity index is 1490. The zero-order chi connectivity index (χ0) is 24.0. The second-order valence-corrected chi connectivity index (χ2v) is 11.2. The molecule has 0 bridgehead atoms. The topological polar surface area (TPSA) is 96.2 Å². The van der Waals surface area contributed by atoms with Gasteiger partial charge in [-0.1, -0.05) is 6.07 Å². The SMILES string of the molecule is CS(=O)(=O)c1ccc(-c2ccc3c(Oc4cn(C5CC5)nc4C4CCOCC4)ccnc3c2)cn1. The molecule has 1 aromatic carbocycles. The number of benzene rings is 1. The summed E-state index contributed by atoms with van der Waals surface area (Å²) in [6.45, 7) is 1.50. The smallest absolute Gasteiger partial charge is 0.192 e. The molecule has 0 radical (unpaired) electrons. The van der Waals surface area contributed by atoms with Gasteiger partial charge in [0.05, 0.1) is 17.8 Å². The second kappa shape index (κ2) is 8.73. The summed E-state index contributed by atoms with van der Waals surface area (Å²) in [5, 5.41) is 5.88. The van der Waals surface area contributed by atoms with Crippen molar-refractivity contribution in [1.29, 1.82) is 0 Å². The molecule has 4 aromatic rings. The summed E-state index contributed by atoms with van der Waals surface area (Å²) in [4.78, 5) is 8.65. The molecule has 4 heterocycles. The first-order valence-electron chi connectivity index (χ1n) is 11.9. The maximum absolute atomic E-state index is 11.7. The van der Waals surface area contributed by atoms with E-state index in [2.05, 4.69) is 14.6 Å². The van der Waals surface area contributed by atoms with E-state index in [1.807, 2.05) is 30.5 Å². The Hall–Kier alpha value is -3.30. The fourth-order valence-electron chi connectivity index (χ4n) is 4.53. The lowest BCUT2D eigenvalue weighted by Gasteiger charge is -2.21. The van der Waals surface area contributed by atoms with Crippen LogP contribution in [0.15, 0.2) is 60.0 Å². The summed E-state index contributed by atoms with van der Waals surface area (Å²) in [5.41, 5.74) is 3.52. The van der Waals surface area contributed by atoms with Gasteiger partial charge in [-0.2, -0.15) is 5.10 Å². The third kappa shape index (κ3) is 4.53. The number of nitrogens with zero attached hydrogens (tertiary/aromatic N) is 4. The molecule has 8 nitrogen and oxygen atoms in total. The van der Waals surface area contributed by atoms with Gasteiger partial charge in [-0.3, -0.25) is 9.67 Å². The lowest BCUT2D eigenvalue weighted by Crippen LogP contribution is -2.15. The minimum Gasteiger partial charge on any atom is -0.453 e.